The lowest BCUT2D eigenvalue weighted by atomic mass is 9.91. The Kier molecular flexibility index (Phi) is 7.46. The van der Waals surface area contributed by atoms with E-state index in [1.807, 2.05) is 13.8 Å². The van der Waals surface area contributed by atoms with Gasteiger partial charge < -0.3 is 20.1 Å². The first kappa shape index (κ1) is 23.0. The number of urea groups is 1. The Hall–Kier alpha value is -2.70. The van der Waals surface area contributed by atoms with Gasteiger partial charge in [-0.25, -0.2) is 9.59 Å². The van der Waals surface area contributed by atoms with Gasteiger partial charge in [0.05, 0.1) is 18.2 Å². The summed E-state index contributed by atoms with van der Waals surface area (Å²) in [6.07, 6.45) is 0. The molecule has 0 aromatic heterocycles. The molecule has 164 valence electrons. The number of allylic oxidation sites excluding steroid dienone is 1. The van der Waals surface area contributed by atoms with Gasteiger partial charge in [-0.2, -0.15) is 0 Å². The van der Waals surface area contributed by atoms with Crippen LogP contribution in [-0.4, -0.2) is 18.6 Å². The number of rotatable bonds is 7. The number of esters is 1. The topological polar surface area (TPSA) is 76.7 Å². The Morgan fingerprint density at radius 2 is 1.74 bits per heavy atom. The summed E-state index contributed by atoms with van der Waals surface area (Å²) in [4.78, 5) is 24.9. The van der Waals surface area contributed by atoms with Gasteiger partial charge in [-0.3, -0.25) is 0 Å². The van der Waals surface area contributed by atoms with E-state index < -0.39 is 12.0 Å². The van der Waals surface area contributed by atoms with Crippen molar-refractivity contribution in [2.24, 2.45) is 5.92 Å². The Balaban J connectivity index is 1.84. The predicted octanol–water partition coefficient (Wildman–Crippen LogP) is 5.40. The van der Waals surface area contributed by atoms with E-state index >= 15 is 0 Å². The van der Waals surface area contributed by atoms with E-state index in [0.29, 0.717) is 32.6 Å². The van der Waals surface area contributed by atoms with E-state index in [-0.39, 0.29) is 25.2 Å². The van der Waals surface area contributed by atoms with Crippen molar-refractivity contribution in [3.63, 3.8) is 0 Å². The SMILES string of the molecule is CCOC(=O)C1=C(C(C)C)NC(=O)NC1c1ccc(OCc2c(Cl)cccc2Cl)cc1. The van der Waals surface area contributed by atoms with E-state index in [1.165, 1.54) is 0 Å². The summed E-state index contributed by atoms with van der Waals surface area (Å²) in [7, 11) is 0. The maximum absolute atomic E-state index is 12.7. The van der Waals surface area contributed by atoms with Crippen molar-refractivity contribution in [3.05, 3.63) is 74.9 Å². The maximum atomic E-state index is 12.7. The molecule has 6 nitrogen and oxygen atoms in total. The third kappa shape index (κ3) is 5.32. The molecule has 2 amide bonds. The second kappa shape index (κ2) is 10.1. The summed E-state index contributed by atoms with van der Waals surface area (Å²) in [6, 6.07) is 11.4. The number of halogens is 2. The minimum atomic E-state index is -0.628. The number of nitrogens with one attached hydrogen (secondary N) is 2. The van der Waals surface area contributed by atoms with Gasteiger partial charge in [-0.05, 0) is 42.7 Å². The minimum absolute atomic E-state index is 0.0593. The number of hydrogen-bond acceptors (Lipinski definition) is 4. The molecular weight excluding hydrogens is 439 g/mol. The molecule has 0 aliphatic carbocycles. The molecule has 31 heavy (non-hydrogen) atoms. The van der Waals surface area contributed by atoms with Crippen LogP contribution in [-0.2, 0) is 16.1 Å². The normalized spacial score (nSPS) is 16.1. The Morgan fingerprint density at radius 3 is 2.32 bits per heavy atom. The smallest absolute Gasteiger partial charge is 0.338 e. The molecular formula is C23H24Cl2N2O4. The van der Waals surface area contributed by atoms with Crippen LogP contribution in [0.25, 0.3) is 0 Å². The van der Waals surface area contributed by atoms with Crippen LogP contribution in [0.15, 0.2) is 53.7 Å². The number of carbonyl (C=O) groups excluding carboxylic acids is 2. The van der Waals surface area contributed by atoms with Crippen molar-refractivity contribution in [1.29, 1.82) is 0 Å². The molecule has 2 aromatic rings. The summed E-state index contributed by atoms with van der Waals surface area (Å²) < 4.78 is 11.1. The molecule has 1 aliphatic rings. The second-order valence-corrected chi connectivity index (χ2v) is 8.11. The van der Waals surface area contributed by atoms with Crippen LogP contribution in [0.3, 0.4) is 0 Å². The first-order valence-electron chi connectivity index (χ1n) is 9.96. The van der Waals surface area contributed by atoms with E-state index in [9.17, 15) is 9.59 Å². The highest BCUT2D eigenvalue weighted by Gasteiger charge is 2.34. The van der Waals surface area contributed by atoms with Crippen LogP contribution in [0.1, 0.15) is 37.9 Å². The van der Waals surface area contributed by atoms with Gasteiger partial charge in [0.1, 0.15) is 12.4 Å². The number of hydrogen-bond donors (Lipinski definition) is 2. The van der Waals surface area contributed by atoms with Gasteiger partial charge in [0.2, 0.25) is 0 Å². The van der Waals surface area contributed by atoms with Gasteiger partial charge in [-0.1, -0.05) is 55.2 Å². The third-order valence-corrected chi connectivity index (χ3v) is 5.54. The van der Waals surface area contributed by atoms with Gasteiger partial charge in [0.25, 0.3) is 0 Å². The molecule has 8 heteroatoms. The van der Waals surface area contributed by atoms with Gasteiger partial charge in [0, 0.05) is 21.3 Å². The molecule has 2 aromatic carbocycles. The van der Waals surface area contributed by atoms with Crippen LogP contribution in [0.4, 0.5) is 4.79 Å². The lowest BCUT2D eigenvalue weighted by molar-refractivity contribution is -0.139. The number of benzene rings is 2. The fourth-order valence-electron chi connectivity index (χ4n) is 3.31. The molecule has 1 heterocycles. The zero-order chi connectivity index (χ0) is 22.5. The monoisotopic (exact) mass is 462 g/mol. The zero-order valence-electron chi connectivity index (χ0n) is 17.5. The van der Waals surface area contributed by atoms with Crippen molar-refractivity contribution in [3.8, 4) is 5.75 Å². The van der Waals surface area contributed by atoms with Gasteiger partial charge in [-0.15, -0.1) is 0 Å². The lowest BCUT2D eigenvalue weighted by Gasteiger charge is -2.31. The van der Waals surface area contributed by atoms with E-state index in [1.54, 1.807) is 49.4 Å². The average Bonchev–Trinajstić information content (AvgIpc) is 2.73. The fourth-order valence-corrected chi connectivity index (χ4v) is 3.82. The zero-order valence-corrected chi connectivity index (χ0v) is 19.0. The first-order valence-corrected chi connectivity index (χ1v) is 10.7. The minimum Gasteiger partial charge on any atom is -0.489 e. The van der Waals surface area contributed by atoms with Crippen LogP contribution < -0.4 is 15.4 Å². The van der Waals surface area contributed by atoms with Crippen molar-refractivity contribution < 1.29 is 19.1 Å². The van der Waals surface area contributed by atoms with E-state index in [0.717, 1.165) is 5.56 Å². The maximum Gasteiger partial charge on any atom is 0.338 e. The Labute approximate surface area is 191 Å². The quantitative estimate of drug-likeness (QED) is 0.540. The number of amides is 2. The number of ether oxygens (including phenoxy) is 2. The van der Waals surface area contributed by atoms with Gasteiger partial charge >= 0.3 is 12.0 Å². The Bertz CT molecular complexity index is 983. The highest BCUT2D eigenvalue weighted by Crippen LogP contribution is 2.32. The average molecular weight is 463 g/mol. The molecule has 0 bridgehead atoms. The van der Waals surface area contributed by atoms with Crippen molar-refractivity contribution in [2.45, 2.75) is 33.4 Å². The molecule has 1 unspecified atom stereocenters. The van der Waals surface area contributed by atoms with Crippen LogP contribution in [0, 0.1) is 5.92 Å². The molecule has 2 N–H and O–H groups in total. The molecule has 0 spiro atoms. The molecule has 0 saturated heterocycles. The summed E-state index contributed by atoms with van der Waals surface area (Å²) >= 11 is 12.4. The summed E-state index contributed by atoms with van der Waals surface area (Å²) in [5.41, 5.74) is 2.39. The Morgan fingerprint density at radius 1 is 1.10 bits per heavy atom. The molecule has 3 rings (SSSR count). The molecule has 1 atom stereocenters. The predicted molar refractivity (Wildman–Crippen MR) is 120 cm³/mol. The second-order valence-electron chi connectivity index (χ2n) is 7.29. The fraction of sp³-hybridized carbons (Fsp3) is 0.304. The highest BCUT2D eigenvalue weighted by atomic mass is 35.5. The van der Waals surface area contributed by atoms with Gasteiger partial charge in [0.15, 0.2) is 0 Å². The van der Waals surface area contributed by atoms with E-state index in [2.05, 4.69) is 10.6 Å². The lowest BCUT2D eigenvalue weighted by Crippen LogP contribution is -2.47. The molecule has 0 radical (unpaired) electrons. The van der Waals surface area contributed by atoms with Crippen molar-refractivity contribution in [2.75, 3.05) is 6.61 Å². The van der Waals surface area contributed by atoms with Crippen LogP contribution in [0.2, 0.25) is 10.0 Å². The standard InChI is InChI=1S/C23H24Cl2N2O4/c1-4-30-22(28)19-20(13(2)3)26-23(29)27-21(19)14-8-10-15(11-9-14)31-12-16-17(24)6-5-7-18(16)25/h5-11,13,21H,4,12H2,1-3H3,(H2,26,27,29). The summed E-state index contributed by atoms with van der Waals surface area (Å²) in [5.74, 6) is 0.0825. The number of carbonyl (C=O) groups is 2. The van der Waals surface area contributed by atoms with Crippen LogP contribution >= 0.6 is 23.2 Å². The van der Waals surface area contributed by atoms with Crippen molar-refractivity contribution >= 4 is 35.2 Å². The van der Waals surface area contributed by atoms with E-state index in [4.69, 9.17) is 32.7 Å². The molecule has 1 aliphatic heterocycles. The molecule has 0 saturated carbocycles. The largest absolute Gasteiger partial charge is 0.489 e. The van der Waals surface area contributed by atoms with Crippen molar-refractivity contribution in [1.82, 2.24) is 10.6 Å². The molecule has 0 fully saturated rings. The first-order chi connectivity index (χ1) is 14.8. The summed E-state index contributed by atoms with van der Waals surface area (Å²) in [6.45, 7) is 6.02. The van der Waals surface area contributed by atoms with Crippen LogP contribution in [0.5, 0.6) is 5.75 Å². The third-order valence-electron chi connectivity index (χ3n) is 4.83. The summed E-state index contributed by atoms with van der Waals surface area (Å²) in [5, 5.41) is 6.63. The highest BCUT2D eigenvalue weighted by molar-refractivity contribution is 6.35.